The number of rotatable bonds is 8. The fourth-order valence-electron chi connectivity index (χ4n) is 5.15. The average molecular weight is 585 g/mol. The number of piperidine rings is 1. The summed E-state index contributed by atoms with van der Waals surface area (Å²) in [6.45, 7) is 3.88. The summed E-state index contributed by atoms with van der Waals surface area (Å²) < 4.78 is 8.56. The number of anilines is 1. The van der Waals surface area contributed by atoms with Gasteiger partial charge in [0.2, 0.25) is 0 Å². The second-order valence-electron chi connectivity index (χ2n) is 9.96. The van der Waals surface area contributed by atoms with Gasteiger partial charge in [-0.25, -0.2) is 4.98 Å². The van der Waals surface area contributed by atoms with E-state index in [0.717, 1.165) is 48.0 Å². The fourth-order valence-corrected chi connectivity index (χ4v) is 5.49. The number of hydrogen-bond acceptors (Lipinski definition) is 6. The van der Waals surface area contributed by atoms with Gasteiger partial charge in [0.1, 0.15) is 23.1 Å². The molecule has 0 radical (unpaired) electrons. The molecular weight excluding hydrogens is 554 g/mol. The molecule has 5 aromatic rings. The van der Waals surface area contributed by atoms with Gasteiger partial charge in [-0.15, -0.1) is 0 Å². The van der Waals surface area contributed by atoms with E-state index in [1.165, 1.54) is 18.4 Å². The van der Waals surface area contributed by atoms with Crippen molar-refractivity contribution in [2.24, 2.45) is 5.92 Å². The van der Waals surface area contributed by atoms with E-state index < -0.39 is 0 Å². The number of nitrogens with one attached hydrogen (secondary N) is 1. The summed E-state index contributed by atoms with van der Waals surface area (Å²) in [5.74, 6) is 3.27. The van der Waals surface area contributed by atoms with Gasteiger partial charge in [-0.05, 0) is 83.2 Å². The Labute approximate surface area is 236 Å². The van der Waals surface area contributed by atoms with Crippen LogP contribution in [0.25, 0.3) is 16.9 Å². The molecule has 1 fully saturated rings. The molecule has 3 heterocycles. The molecule has 8 heteroatoms. The van der Waals surface area contributed by atoms with Gasteiger partial charge in [0.15, 0.2) is 5.65 Å². The van der Waals surface area contributed by atoms with E-state index in [0.29, 0.717) is 22.8 Å². The number of phenolic OH excluding ortho intramolecular Hbond substituents is 1. The molecule has 7 nitrogen and oxygen atoms in total. The number of fused-ring (bicyclic) bond motifs is 1. The maximum Gasteiger partial charge on any atom is 0.172 e. The molecule has 1 unspecified atom stereocenters. The van der Waals surface area contributed by atoms with Gasteiger partial charge in [-0.1, -0.05) is 42.5 Å². The zero-order valence-electron chi connectivity index (χ0n) is 21.5. The smallest absolute Gasteiger partial charge is 0.172 e. The zero-order chi connectivity index (χ0) is 26.6. The molecule has 2 aromatic heterocycles. The maximum atomic E-state index is 10.4. The zero-order valence-corrected chi connectivity index (χ0v) is 23.1. The lowest BCUT2D eigenvalue weighted by molar-refractivity contribution is 0.173. The van der Waals surface area contributed by atoms with Crippen LogP contribution in [0.1, 0.15) is 18.4 Å². The number of aromatic nitrogens is 3. The molecular formula is C31H30BrN5O2. The molecule has 1 aliphatic heterocycles. The first-order chi connectivity index (χ1) is 19.1. The molecule has 1 atom stereocenters. The Morgan fingerprint density at radius 2 is 1.74 bits per heavy atom. The standard InChI is InChI=1S/C31H30BrN5O2/c32-27-19-34-37-30(17-28(35-31(27)37)26-10-4-5-11-29(26)38)33-18-23-7-6-16-36(21-23)20-22-12-14-25(15-13-22)39-24-8-2-1-3-9-24/h1-5,8-15,17,19,23,33,38H,6-7,16,18,20-21H2. The summed E-state index contributed by atoms with van der Waals surface area (Å²) in [6, 6.07) is 27.5. The number of para-hydroxylation sites is 2. The number of halogens is 1. The van der Waals surface area contributed by atoms with Crippen molar-refractivity contribution in [2.75, 3.05) is 25.0 Å². The minimum Gasteiger partial charge on any atom is -0.507 e. The Kier molecular flexibility index (Phi) is 7.47. The molecule has 0 aliphatic carbocycles. The number of phenols is 1. The lowest BCUT2D eigenvalue weighted by atomic mass is 9.97. The van der Waals surface area contributed by atoms with Gasteiger partial charge in [-0.3, -0.25) is 4.90 Å². The van der Waals surface area contributed by atoms with Crippen molar-refractivity contribution in [2.45, 2.75) is 19.4 Å². The van der Waals surface area contributed by atoms with Gasteiger partial charge in [0.05, 0.1) is 16.4 Å². The van der Waals surface area contributed by atoms with Crippen molar-refractivity contribution in [3.8, 4) is 28.5 Å². The summed E-state index contributed by atoms with van der Waals surface area (Å²) in [5.41, 5.74) is 3.39. The third kappa shape index (κ3) is 5.92. The first kappa shape index (κ1) is 25.4. The summed E-state index contributed by atoms with van der Waals surface area (Å²) in [7, 11) is 0. The SMILES string of the molecule is Oc1ccccc1-c1cc(NCC2CCCN(Cc3ccc(Oc4ccccc4)cc3)C2)n2ncc(Br)c2n1. The number of nitrogens with zero attached hydrogens (tertiary/aromatic N) is 4. The van der Waals surface area contributed by atoms with Crippen LogP contribution in [-0.4, -0.2) is 44.2 Å². The Morgan fingerprint density at radius 3 is 2.56 bits per heavy atom. The lowest BCUT2D eigenvalue weighted by Gasteiger charge is -2.33. The minimum atomic E-state index is 0.207. The predicted molar refractivity (Wildman–Crippen MR) is 157 cm³/mol. The van der Waals surface area contributed by atoms with E-state index in [9.17, 15) is 5.11 Å². The maximum absolute atomic E-state index is 10.4. The first-order valence-electron chi connectivity index (χ1n) is 13.2. The third-order valence-electron chi connectivity index (χ3n) is 7.09. The van der Waals surface area contributed by atoms with Gasteiger partial charge >= 0.3 is 0 Å². The average Bonchev–Trinajstić information content (AvgIpc) is 3.34. The molecule has 1 saturated heterocycles. The Morgan fingerprint density at radius 1 is 0.974 bits per heavy atom. The molecule has 198 valence electrons. The van der Waals surface area contributed by atoms with Crippen molar-refractivity contribution in [3.63, 3.8) is 0 Å². The van der Waals surface area contributed by atoms with E-state index in [1.54, 1.807) is 12.3 Å². The molecule has 0 amide bonds. The highest BCUT2D eigenvalue weighted by Gasteiger charge is 2.21. The highest BCUT2D eigenvalue weighted by molar-refractivity contribution is 9.10. The molecule has 0 bridgehead atoms. The Bertz CT molecular complexity index is 1560. The topological polar surface area (TPSA) is 74.9 Å². The van der Waals surface area contributed by atoms with Crippen molar-refractivity contribution in [1.29, 1.82) is 0 Å². The van der Waals surface area contributed by atoms with Crippen LogP contribution in [0, 0.1) is 5.92 Å². The number of hydrogen-bond donors (Lipinski definition) is 2. The molecule has 0 spiro atoms. The van der Waals surface area contributed by atoms with E-state index in [4.69, 9.17) is 9.72 Å². The van der Waals surface area contributed by atoms with Crippen LogP contribution in [0.4, 0.5) is 5.82 Å². The molecule has 0 saturated carbocycles. The number of likely N-dealkylation sites (tertiary alicyclic amines) is 1. The van der Waals surface area contributed by atoms with Crippen molar-refractivity contribution >= 4 is 27.4 Å². The van der Waals surface area contributed by atoms with E-state index >= 15 is 0 Å². The highest BCUT2D eigenvalue weighted by Crippen LogP contribution is 2.31. The number of aromatic hydroxyl groups is 1. The van der Waals surface area contributed by atoms with Gasteiger partial charge in [-0.2, -0.15) is 9.61 Å². The molecule has 6 rings (SSSR count). The van der Waals surface area contributed by atoms with Crippen LogP contribution in [-0.2, 0) is 6.54 Å². The van der Waals surface area contributed by atoms with Crippen LogP contribution in [0.5, 0.6) is 17.2 Å². The van der Waals surface area contributed by atoms with E-state index in [1.807, 2.05) is 71.2 Å². The second-order valence-corrected chi connectivity index (χ2v) is 10.8. The van der Waals surface area contributed by atoms with Crippen molar-refractivity contribution in [3.05, 3.63) is 101 Å². The quantitative estimate of drug-likeness (QED) is 0.205. The summed E-state index contributed by atoms with van der Waals surface area (Å²) >= 11 is 3.56. The first-order valence-corrected chi connectivity index (χ1v) is 14.0. The van der Waals surface area contributed by atoms with Crippen LogP contribution in [0.3, 0.4) is 0 Å². The Balaban J connectivity index is 1.11. The number of ether oxygens (including phenoxy) is 1. The summed E-state index contributed by atoms with van der Waals surface area (Å²) in [5, 5.41) is 18.5. The van der Waals surface area contributed by atoms with Crippen molar-refractivity contribution in [1.82, 2.24) is 19.5 Å². The number of benzene rings is 3. The van der Waals surface area contributed by atoms with E-state index in [-0.39, 0.29) is 5.75 Å². The lowest BCUT2D eigenvalue weighted by Crippen LogP contribution is -2.37. The molecule has 1 aliphatic rings. The Hall–Kier alpha value is -3.88. The predicted octanol–water partition coefficient (Wildman–Crippen LogP) is 6.98. The molecule has 3 aromatic carbocycles. The molecule has 39 heavy (non-hydrogen) atoms. The molecule has 2 N–H and O–H groups in total. The highest BCUT2D eigenvalue weighted by atomic mass is 79.9. The van der Waals surface area contributed by atoms with Crippen LogP contribution in [0.15, 0.2) is 95.6 Å². The summed E-state index contributed by atoms with van der Waals surface area (Å²) in [6.07, 6.45) is 4.10. The van der Waals surface area contributed by atoms with Crippen molar-refractivity contribution < 1.29 is 9.84 Å². The van der Waals surface area contributed by atoms with Crippen LogP contribution in [0.2, 0.25) is 0 Å². The fraction of sp³-hybridized carbons (Fsp3) is 0.226. The minimum absolute atomic E-state index is 0.207. The summed E-state index contributed by atoms with van der Waals surface area (Å²) in [4.78, 5) is 7.28. The normalized spacial score (nSPS) is 15.9. The van der Waals surface area contributed by atoms with Crippen LogP contribution < -0.4 is 10.1 Å². The van der Waals surface area contributed by atoms with Gasteiger partial charge in [0, 0.05) is 31.3 Å². The van der Waals surface area contributed by atoms with Crippen LogP contribution >= 0.6 is 15.9 Å². The monoisotopic (exact) mass is 583 g/mol. The van der Waals surface area contributed by atoms with E-state index in [2.05, 4.69) is 43.4 Å². The van der Waals surface area contributed by atoms with Gasteiger partial charge < -0.3 is 15.2 Å². The third-order valence-corrected chi connectivity index (χ3v) is 7.65. The second kappa shape index (κ2) is 11.5. The van der Waals surface area contributed by atoms with Gasteiger partial charge in [0.25, 0.3) is 0 Å². The largest absolute Gasteiger partial charge is 0.507 e.